The van der Waals surface area contributed by atoms with E-state index in [1.807, 2.05) is 0 Å². The maximum absolute atomic E-state index is 13.5. The molecule has 3 heterocycles. The molecule has 0 spiro atoms. The predicted octanol–water partition coefficient (Wildman–Crippen LogP) is -0.124. The Kier molecular flexibility index (Phi) is 5.86. The highest BCUT2D eigenvalue weighted by atomic mass is 19.1. The number of aliphatic carboxylic acids is 1. The van der Waals surface area contributed by atoms with E-state index in [0.717, 1.165) is 0 Å². The summed E-state index contributed by atoms with van der Waals surface area (Å²) in [6, 6.07) is 7.23. The van der Waals surface area contributed by atoms with Gasteiger partial charge in [-0.1, -0.05) is 12.1 Å². The number of hydrogen-bond donors (Lipinski definition) is 2. The molecule has 9 nitrogen and oxygen atoms in total. The Morgan fingerprint density at radius 2 is 1.90 bits per heavy atom. The summed E-state index contributed by atoms with van der Waals surface area (Å²) in [5, 5.41) is 16.4. The van der Waals surface area contributed by atoms with Crippen molar-refractivity contribution in [3.8, 4) is 11.3 Å². The second-order valence-electron chi connectivity index (χ2n) is 7.17. The number of carbonyl (C=O) groups excluding carboxylic acids is 2. The molecule has 1 aromatic carbocycles. The fourth-order valence-corrected chi connectivity index (χ4v) is 3.64. The number of aromatic nitrogens is 2. The molecule has 10 heteroatoms. The number of carbonyl (C=O) groups is 2. The molecule has 2 aromatic rings. The first kappa shape index (κ1) is 20.2. The second-order valence-corrected chi connectivity index (χ2v) is 7.17. The van der Waals surface area contributed by atoms with Crippen LogP contribution in [0, 0.1) is 5.82 Å². The number of nitrogens with one attached hydrogen (secondary N) is 2. The number of carboxylic acids is 1. The summed E-state index contributed by atoms with van der Waals surface area (Å²) in [5.41, 5.74) is 1.21. The summed E-state index contributed by atoms with van der Waals surface area (Å²) >= 11 is 0. The van der Waals surface area contributed by atoms with E-state index in [0.29, 0.717) is 23.8 Å². The van der Waals surface area contributed by atoms with Crippen molar-refractivity contribution in [1.29, 1.82) is 0 Å². The number of anilines is 1. The fraction of sp³-hybridized carbons (Fsp3) is 0.400. The summed E-state index contributed by atoms with van der Waals surface area (Å²) in [5.74, 6) is -1.65. The van der Waals surface area contributed by atoms with Gasteiger partial charge < -0.3 is 30.0 Å². The van der Waals surface area contributed by atoms with Crippen LogP contribution in [0.5, 0.6) is 0 Å². The van der Waals surface area contributed by atoms with E-state index in [9.17, 15) is 19.1 Å². The molecule has 2 saturated heterocycles. The summed E-state index contributed by atoms with van der Waals surface area (Å²) in [4.78, 5) is 31.0. The standard InChI is InChI=1S/C20H21FN4O5/c21-12-3-1-2-11(8-12)13-6-7-22-20(24-13)25-15-10-30-18-14(9-29-19(15)18)23-16(26)4-5-17(27)28/h1-3,6-8,14-15,18-19H,4-5,9-10H2,(H,23,26)(H,27,28)(H,22,24,25)/p-1/t14-,15-,18+,19+/m0/s1. The molecule has 1 aromatic heterocycles. The Labute approximate surface area is 171 Å². The number of benzene rings is 1. The summed E-state index contributed by atoms with van der Waals surface area (Å²) < 4.78 is 25.1. The monoisotopic (exact) mass is 415 g/mol. The van der Waals surface area contributed by atoms with Gasteiger partial charge in [0.05, 0.1) is 31.0 Å². The largest absolute Gasteiger partial charge is 0.550 e. The van der Waals surface area contributed by atoms with Crippen molar-refractivity contribution in [2.75, 3.05) is 18.5 Å². The van der Waals surface area contributed by atoms with Crippen molar-refractivity contribution < 1.29 is 28.6 Å². The Hall–Kier alpha value is -3.11. The lowest BCUT2D eigenvalue weighted by Gasteiger charge is -2.18. The van der Waals surface area contributed by atoms with E-state index < -0.39 is 5.97 Å². The number of fused-ring (bicyclic) bond motifs is 1. The van der Waals surface area contributed by atoms with E-state index >= 15 is 0 Å². The molecule has 4 rings (SSSR count). The first-order valence-electron chi connectivity index (χ1n) is 9.57. The van der Waals surface area contributed by atoms with Gasteiger partial charge in [-0.15, -0.1) is 0 Å². The van der Waals surface area contributed by atoms with E-state index in [1.165, 1.54) is 12.1 Å². The van der Waals surface area contributed by atoms with E-state index in [1.54, 1.807) is 24.4 Å². The van der Waals surface area contributed by atoms with Crippen molar-refractivity contribution in [3.63, 3.8) is 0 Å². The Morgan fingerprint density at radius 1 is 1.13 bits per heavy atom. The van der Waals surface area contributed by atoms with Crippen molar-refractivity contribution in [1.82, 2.24) is 15.3 Å². The van der Waals surface area contributed by atoms with Crippen LogP contribution in [0.2, 0.25) is 0 Å². The average Bonchev–Trinajstić information content (AvgIpc) is 3.30. The van der Waals surface area contributed by atoms with Crippen molar-refractivity contribution in [2.24, 2.45) is 0 Å². The van der Waals surface area contributed by atoms with Gasteiger partial charge in [-0.05, 0) is 24.6 Å². The number of amides is 1. The molecule has 2 N–H and O–H groups in total. The molecule has 0 aliphatic carbocycles. The van der Waals surface area contributed by atoms with Gasteiger partial charge in [-0.25, -0.2) is 14.4 Å². The lowest BCUT2D eigenvalue weighted by Crippen LogP contribution is -2.45. The molecule has 2 aliphatic heterocycles. The number of ether oxygens (including phenoxy) is 2. The highest BCUT2D eigenvalue weighted by Gasteiger charge is 2.48. The molecular formula is C20H20FN4O5-. The van der Waals surface area contributed by atoms with E-state index in [-0.39, 0.29) is 55.5 Å². The topological polar surface area (TPSA) is 126 Å². The summed E-state index contributed by atoms with van der Waals surface area (Å²) in [6.45, 7) is 0.586. The second kappa shape index (κ2) is 8.72. The Morgan fingerprint density at radius 3 is 2.67 bits per heavy atom. The quantitative estimate of drug-likeness (QED) is 0.641. The van der Waals surface area contributed by atoms with Crippen LogP contribution >= 0.6 is 0 Å². The van der Waals surface area contributed by atoms with Crippen molar-refractivity contribution in [3.05, 3.63) is 42.3 Å². The molecule has 0 saturated carbocycles. The van der Waals surface area contributed by atoms with Gasteiger partial charge in [-0.2, -0.15) is 0 Å². The molecule has 4 atom stereocenters. The van der Waals surface area contributed by atoms with E-state index in [2.05, 4.69) is 20.6 Å². The molecule has 2 fully saturated rings. The molecule has 0 unspecified atom stereocenters. The third-order valence-corrected chi connectivity index (χ3v) is 5.05. The maximum atomic E-state index is 13.5. The lowest BCUT2D eigenvalue weighted by molar-refractivity contribution is -0.305. The van der Waals surface area contributed by atoms with Gasteiger partial charge in [0.2, 0.25) is 11.9 Å². The van der Waals surface area contributed by atoms with Crippen LogP contribution in [0.25, 0.3) is 11.3 Å². The van der Waals surface area contributed by atoms with Crippen LogP contribution in [0.15, 0.2) is 36.5 Å². The average molecular weight is 415 g/mol. The van der Waals surface area contributed by atoms with Crippen LogP contribution in [-0.4, -0.2) is 59.3 Å². The van der Waals surface area contributed by atoms with Crippen LogP contribution < -0.4 is 15.7 Å². The van der Waals surface area contributed by atoms with Crippen LogP contribution in [-0.2, 0) is 19.1 Å². The van der Waals surface area contributed by atoms with Crippen LogP contribution in [0.1, 0.15) is 12.8 Å². The van der Waals surface area contributed by atoms with Gasteiger partial charge in [0.15, 0.2) is 0 Å². The maximum Gasteiger partial charge on any atom is 0.223 e. The molecule has 0 radical (unpaired) electrons. The minimum Gasteiger partial charge on any atom is -0.550 e. The Balaban J connectivity index is 1.38. The molecule has 2 aliphatic rings. The van der Waals surface area contributed by atoms with Crippen LogP contribution in [0.3, 0.4) is 0 Å². The SMILES string of the molecule is O=C([O-])CCC(=O)N[C@H]1CO[C@H]2[C@@H]1OC[C@@H]2Nc1nccc(-c2cccc(F)c2)n1. The lowest BCUT2D eigenvalue weighted by atomic mass is 10.1. The number of carboxylic acid groups (broad SMARTS) is 1. The summed E-state index contributed by atoms with van der Waals surface area (Å²) in [7, 11) is 0. The van der Waals surface area contributed by atoms with Crippen molar-refractivity contribution in [2.45, 2.75) is 37.1 Å². The van der Waals surface area contributed by atoms with Gasteiger partial charge in [0.1, 0.15) is 18.0 Å². The minimum atomic E-state index is -1.27. The number of rotatable bonds is 7. The van der Waals surface area contributed by atoms with E-state index in [4.69, 9.17) is 9.47 Å². The zero-order chi connectivity index (χ0) is 21.1. The first-order valence-corrected chi connectivity index (χ1v) is 9.57. The normalized spacial score (nSPS) is 25.0. The molecule has 30 heavy (non-hydrogen) atoms. The first-order chi connectivity index (χ1) is 14.5. The smallest absolute Gasteiger partial charge is 0.223 e. The zero-order valence-electron chi connectivity index (χ0n) is 15.9. The molecule has 0 bridgehead atoms. The fourth-order valence-electron chi connectivity index (χ4n) is 3.64. The van der Waals surface area contributed by atoms with Crippen molar-refractivity contribution >= 4 is 17.8 Å². The predicted molar refractivity (Wildman–Crippen MR) is 100 cm³/mol. The third kappa shape index (κ3) is 4.55. The third-order valence-electron chi connectivity index (χ3n) is 5.05. The molecular weight excluding hydrogens is 395 g/mol. The zero-order valence-corrected chi connectivity index (χ0v) is 15.9. The Bertz CT molecular complexity index is 943. The number of nitrogens with zero attached hydrogens (tertiary/aromatic N) is 2. The van der Waals surface area contributed by atoms with Gasteiger partial charge in [0, 0.05) is 24.2 Å². The summed E-state index contributed by atoms with van der Waals surface area (Å²) in [6.07, 6.45) is 0.410. The van der Waals surface area contributed by atoms with Gasteiger partial charge >= 0.3 is 0 Å². The highest BCUT2D eigenvalue weighted by molar-refractivity contribution is 5.80. The van der Waals surface area contributed by atoms with Gasteiger partial charge in [-0.3, -0.25) is 4.79 Å². The number of halogens is 1. The van der Waals surface area contributed by atoms with Gasteiger partial charge in [0.25, 0.3) is 0 Å². The molecule has 1 amide bonds. The minimum absolute atomic E-state index is 0.154. The molecule has 158 valence electrons. The van der Waals surface area contributed by atoms with Crippen LogP contribution in [0.4, 0.5) is 10.3 Å². The highest BCUT2D eigenvalue weighted by Crippen LogP contribution is 2.29. The number of hydrogen-bond acceptors (Lipinski definition) is 8.